The molecule has 0 bridgehead atoms. The molecule has 4 nitrogen and oxygen atoms in total. The Balaban J connectivity index is 1.51. The lowest BCUT2D eigenvalue weighted by Gasteiger charge is -2.30. The molecular formula is C16H29N3O. The van der Waals surface area contributed by atoms with E-state index in [4.69, 9.17) is 5.73 Å². The minimum atomic E-state index is 0.246. The number of nitrogens with two attached hydrogens (primary N) is 1. The summed E-state index contributed by atoms with van der Waals surface area (Å²) in [5.74, 6) is 1.25. The van der Waals surface area contributed by atoms with Crippen LogP contribution in [0.5, 0.6) is 0 Å². The standard InChI is InChI=1S/C16H29N3O/c17-8-6-12-3-1-4-13(11-12)16(20)18-14-7-10-19-9-2-5-15(14)19/h12-15H,1-11,17H2,(H,18,20). The van der Waals surface area contributed by atoms with Gasteiger partial charge < -0.3 is 11.1 Å². The van der Waals surface area contributed by atoms with E-state index in [0.29, 0.717) is 23.9 Å². The Labute approximate surface area is 122 Å². The Morgan fingerprint density at radius 1 is 1.15 bits per heavy atom. The summed E-state index contributed by atoms with van der Waals surface area (Å²) in [7, 11) is 0. The van der Waals surface area contributed by atoms with Crippen LogP contribution in [-0.4, -0.2) is 42.5 Å². The average molecular weight is 279 g/mol. The van der Waals surface area contributed by atoms with Crippen LogP contribution in [0.3, 0.4) is 0 Å². The van der Waals surface area contributed by atoms with Crippen molar-refractivity contribution >= 4 is 5.91 Å². The van der Waals surface area contributed by atoms with Crippen LogP contribution in [0, 0.1) is 11.8 Å². The number of carbonyl (C=O) groups is 1. The molecule has 0 aromatic heterocycles. The topological polar surface area (TPSA) is 58.4 Å². The molecule has 3 aliphatic rings. The lowest BCUT2D eigenvalue weighted by molar-refractivity contribution is -0.127. The van der Waals surface area contributed by atoms with E-state index < -0.39 is 0 Å². The fraction of sp³-hybridized carbons (Fsp3) is 0.938. The molecule has 3 fully saturated rings. The summed E-state index contributed by atoms with van der Waals surface area (Å²) in [5.41, 5.74) is 5.67. The first kappa shape index (κ1) is 14.3. The fourth-order valence-electron chi connectivity index (χ4n) is 4.58. The van der Waals surface area contributed by atoms with E-state index in [2.05, 4.69) is 10.2 Å². The molecule has 0 spiro atoms. The van der Waals surface area contributed by atoms with Crippen LogP contribution < -0.4 is 11.1 Å². The van der Waals surface area contributed by atoms with E-state index in [1.54, 1.807) is 0 Å². The van der Waals surface area contributed by atoms with Crippen molar-refractivity contribution in [1.29, 1.82) is 0 Å². The molecule has 2 aliphatic heterocycles. The van der Waals surface area contributed by atoms with Gasteiger partial charge in [-0.3, -0.25) is 9.69 Å². The highest BCUT2D eigenvalue weighted by molar-refractivity contribution is 5.79. The molecule has 4 unspecified atom stereocenters. The monoisotopic (exact) mass is 279 g/mol. The Hall–Kier alpha value is -0.610. The fourth-order valence-corrected chi connectivity index (χ4v) is 4.58. The van der Waals surface area contributed by atoms with E-state index in [1.807, 2.05) is 0 Å². The van der Waals surface area contributed by atoms with Crippen LogP contribution in [0.25, 0.3) is 0 Å². The molecule has 2 saturated heterocycles. The van der Waals surface area contributed by atoms with E-state index >= 15 is 0 Å². The second kappa shape index (κ2) is 6.44. The quantitative estimate of drug-likeness (QED) is 0.820. The number of hydrogen-bond acceptors (Lipinski definition) is 3. The maximum absolute atomic E-state index is 12.5. The zero-order chi connectivity index (χ0) is 13.9. The lowest BCUT2D eigenvalue weighted by Crippen LogP contribution is -2.45. The van der Waals surface area contributed by atoms with E-state index in [-0.39, 0.29) is 5.92 Å². The summed E-state index contributed by atoms with van der Waals surface area (Å²) in [4.78, 5) is 15.1. The van der Waals surface area contributed by atoms with Crippen molar-refractivity contribution in [3.8, 4) is 0 Å². The van der Waals surface area contributed by atoms with Gasteiger partial charge in [-0.2, -0.15) is 0 Å². The highest BCUT2D eigenvalue weighted by Crippen LogP contribution is 2.32. The molecule has 1 amide bonds. The summed E-state index contributed by atoms with van der Waals surface area (Å²) in [5, 5.41) is 3.37. The van der Waals surface area contributed by atoms with Gasteiger partial charge in [-0.05, 0) is 57.5 Å². The molecule has 0 aromatic rings. The van der Waals surface area contributed by atoms with Crippen LogP contribution >= 0.6 is 0 Å². The summed E-state index contributed by atoms with van der Waals surface area (Å²) in [6.45, 7) is 3.17. The van der Waals surface area contributed by atoms with Crippen molar-refractivity contribution in [3.05, 3.63) is 0 Å². The second-order valence-electron chi connectivity index (χ2n) is 6.96. The average Bonchev–Trinajstić information content (AvgIpc) is 3.04. The molecule has 2 heterocycles. The molecule has 1 saturated carbocycles. The first-order valence-corrected chi connectivity index (χ1v) is 8.52. The normalized spacial score (nSPS) is 37.9. The highest BCUT2D eigenvalue weighted by atomic mass is 16.2. The van der Waals surface area contributed by atoms with Crippen LogP contribution in [0.1, 0.15) is 51.4 Å². The van der Waals surface area contributed by atoms with Crippen molar-refractivity contribution in [2.45, 2.75) is 63.5 Å². The number of fused-ring (bicyclic) bond motifs is 1. The van der Waals surface area contributed by atoms with Gasteiger partial charge in [0, 0.05) is 24.5 Å². The highest BCUT2D eigenvalue weighted by Gasteiger charge is 2.39. The van der Waals surface area contributed by atoms with Gasteiger partial charge in [0.25, 0.3) is 0 Å². The first-order valence-electron chi connectivity index (χ1n) is 8.52. The predicted octanol–water partition coefficient (Wildman–Crippen LogP) is 1.49. The summed E-state index contributed by atoms with van der Waals surface area (Å²) >= 11 is 0. The summed E-state index contributed by atoms with van der Waals surface area (Å²) in [6.07, 6.45) is 9.41. The smallest absolute Gasteiger partial charge is 0.223 e. The number of hydrogen-bond donors (Lipinski definition) is 2. The van der Waals surface area contributed by atoms with Crippen molar-refractivity contribution < 1.29 is 4.79 Å². The van der Waals surface area contributed by atoms with E-state index in [0.717, 1.165) is 32.2 Å². The second-order valence-corrected chi connectivity index (χ2v) is 6.96. The maximum atomic E-state index is 12.5. The minimum absolute atomic E-state index is 0.246. The van der Waals surface area contributed by atoms with Crippen LogP contribution in [-0.2, 0) is 4.79 Å². The molecule has 20 heavy (non-hydrogen) atoms. The molecule has 4 heteroatoms. The molecule has 0 radical (unpaired) electrons. The zero-order valence-electron chi connectivity index (χ0n) is 12.5. The zero-order valence-corrected chi connectivity index (χ0v) is 12.5. The number of nitrogens with one attached hydrogen (secondary N) is 1. The van der Waals surface area contributed by atoms with Crippen molar-refractivity contribution in [2.75, 3.05) is 19.6 Å². The number of nitrogens with zero attached hydrogens (tertiary/aromatic N) is 1. The predicted molar refractivity (Wildman–Crippen MR) is 80.3 cm³/mol. The van der Waals surface area contributed by atoms with E-state index in [1.165, 1.54) is 38.8 Å². The molecule has 3 rings (SSSR count). The third-order valence-corrected chi connectivity index (χ3v) is 5.66. The minimum Gasteiger partial charge on any atom is -0.352 e. The van der Waals surface area contributed by atoms with Crippen LogP contribution in [0.15, 0.2) is 0 Å². The van der Waals surface area contributed by atoms with Gasteiger partial charge in [-0.15, -0.1) is 0 Å². The number of carbonyl (C=O) groups excluding carboxylic acids is 1. The van der Waals surface area contributed by atoms with Gasteiger partial charge in [0.2, 0.25) is 5.91 Å². The third-order valence-electron chi connectivity index (χ3n) is 5.66. The Morgan fingerprint density at radius 2 is 2.05 bits per heavy atom. The van der Waals surface area contributed by atoms with Crippen molar-refractivity contribution in [2.24, 2.45) is 17.6 Å². The molecule has 0 aromatic carbocycles. The van der Waals surface area contributed by atoms with Crippen LogP contribution in [0.4, 0.5) is 0 Å². The molecule has 1 aliphatic carbocycles. The van der Waals surface area contributed by atoms with Gasteiger partial charge in [0.15, 0.2) is 0 Å². The van der Waals surface area contributed by atoms with Crippen molar-refractivity contribution in [3.63, 3.8) is 0 Å². The summed E-state index contributed by atoms with van der Waals surface area (Å²) < 4.78 is 0. The lowest BCUT2D eigenvalue weighted by atomic mass is 9.79. The largest absolute Gasteiger partial charge is 0.352 e. The first-order chi connectivity index (χ1) is 9.78. The van der Waals surface area contributed by atoms with Gasteiger partial charge in [0.05, 0.1) is 0 Å². The van der Waals surface area contributed by atoms with Gasteiger partial charge >= 0.3 is 0 Å². The van der Waals surface area contributed by atoms with Gasteiger partial charge in [0.1, 0.15) is 0 Å². The molecular weight excluding hydrogens is 250 g/mol. The SMILES string of the molecule is NCCC1CCCC(C(=O)NC2CCN3CCCC23)C1. The summed E-state index contributed by atoms with van der Waals surface area (Å²) in [6, 6.07) is 1.04. The number of rotatable bonds is 4. The van der Waals surface area contributed by atoms with Gasteiger partial charge in [-0.1, -0.05) is 12.8 Å². The van der Waals surface area contributed by atoms with Crippen LogP contribution in [0.2, 0.25) is 0 Å². The molecule has 114 valence electrons. The number of amides is 1. The maximum Gasteiger partial charge on any atom is 0.223 e. The Morgan fingerprint density at radius 3 is 2.90 bits per heavy atom. The third kappa shape index (κ3) is 3.01. The Bertz CT molecular complexity index is 345. The molecule has 4 atom stereocenters. The Kier molecular flexibility index (Phi) is 4.61. The van der Waals surface area contributed by atoms with Crippen molar-refractivity contribution in [1.82, 2.24) is 10.2 Å². The van der Waals surface area contributed by atoms with Gasteiger partial charge in [-0.25, -0.2) is 0 Å². The van der Waals surface area contributed by atoms with E-state index in [9.17, 15) is 4.79 Å². The molecule has 3 N–H and O–H groups in total.